The number of aryl methyl sites for hydroxylation is 1. The number of allylic oxidation sites excluding steroid dienone is 1. The number of carboxylic acid groups (broad SMARTS) is 1. The van der Waals surface area contributed by atoms with Crippen LogP contribution in [-0.4, -0.2) is 41.0 Å². The Kier molecular flexibility index (Phi) is 6.82. The summed E-state index contributed by atoms with van der Waals surface area (Å²) in [7, 11) is 1.57. The Labute approximate surface area is 219 Å². The summed E-state index contributed by atoms with van der Waals surface area (Å²) in [5, 5.41) is 24.1. The third-order valence-electron chi connectivity index (χ3n) is 6.44. The van der Waals surface area contributed by atoms with Crippen LogP contribution in [0.25, 0.3) is 15.7 Å². The first-order valence-electron chi connectivity index (χ1n) is 11.9. The van der Waals surface area contributed by atoms with E-state index in [9.17, 15) is 15.0 Å². The molecule has 0 aliphatic carbocycles. The van der Waals surface area contributed by atoms with Crippen molar-refractivity contribution in [2.24, 2.45) is 0 Å². The van der Waals surface area contributed by atoms with E-state index in [1.54, 1.807) is 19.3 Å². The predicted octanol–water partition coefficient (Wildman–Crippen LogP) is 5.83. The van der Waals surface area contributed by atoms with Crippen molar-refractivity contribution in [1.29, 1.82) is 0 Å². The Morgan fingerprint density at radius 2 is 1.95 bits per heavy atom. The van der Waals surface area contributed by atoms with E-state index >= 15 is 0 Å². The summed E-state index contributed by atoms with van der Waals surface area (Å²) >= 11 is 1.29. The van der Waals surface area contributed by atoms with E-state index in [1.165, 1.54) is 16.7 Å². The number of carbonyl (C=O) groups is 1. The Morgan fingerprint density at radius 3 is 2.68 bits per heavy atom. The lowest BCUT2D eigenvalue weighted by Crippen LogP contribution is -2.36. The first-order chi connectivity index (χ1) is 17.9. The Morgan fingerprint density at radius 1 is 1.16 bits per heavy atom. The second-order valence-electron chi connectivity index (χ2n) is 8.79. The zero-order valence-corrected chi connectivity index (χ0v) is 21.4. The van der Waals surface area contributed by atoms with Crippen LogP contribution in [0, 0.1) is 6.92 Å². The van der Waals surface area contributed by atoms with Crippen LogP contribution in [-0.2, 0) is 16.0 Å². The van der Waals surface area contributed by atoms with Crippen molar-refractivity contribution in [2.75, 3.05) is 13.7 Å². The highest BCUT2D eigenvalue weighted by Gasteiger charge is 2.42. The number of ether oxygens (including phenoxy) is 2. The highest BCUT2D eigenvalue weighted by Crippen LogP contribution is 2.52. The summed E-state index contributed by atoms with van der Waals surface area (Å²) in [4.78, 5) is 14.4. The van der Waals surface area contributed by atoms with Crippen molar-refractivity contribution < 1.29 is 24.5 Å². The quantitative estimate of drug-likeness (QED) is 0.367. The van der Waals surface area contributed by atoms with Crippen LogP contribution < -0.4 is 4.74 Å². The molecule has 2 aliphatic heterocycles. The lowest BCUT2D eigenvalue weighted by Gasteiger charge is -2.31. The van der Waals surface area contributed by atoms with E-state index in [1.807, 2.05) is 43.3 Å². The van der Waals surface area contributed by atoms with E-state index < -0.39 is 12.2 Å². The Bertz CT molecular complexity index is 1500. The minimum Gasteiger partial charge on any atom is -0.494 e. The van der Waals surface area contributed by atoms with Crippen LogP contribution in [0.3, 0.4) is 0 Å². The van der Waals surface area contributed by atoms with Gasteiger partial charge in [-0.2, -0.15) is 0 Å². The standard InChI is InChI=1S/C30H27NO5S/c1-4-14-36-24-13-12-21(15-18(24)2)28-26(30(33)34)31-25(32)17-22(27(35-3)29(31)37-28)16-20-10-7-9-19-8-5-6-11-23(19)20/h4-13,15,17,25,32H,1,14,16H2,2-3H3,(H,33,34). The smallest absolute Gasteiger partial charge is 0.353 e. The number of aliphatic carboxylic acids is 1. The average Bonchev–Trinajstić information content (AvgIpc) is 3.30. The van der Waals surface area contributed by atoms with Crippen LogP contribution in [0.5, 0.6) is 5.75 Å². The molecule has 3 aromatic carbocycles. The van der Waals surface area contributed by atoms with Gasteiger partial charge in [0.05, 0.1) is 12.0 Å². The first kappa shape index (κ1) is 24.7. The van der Waals surface area contributed by atoms with Crippen LogP contribution in [0.15, 0.2) is 101 Å². The number of aliphatic hydroxyl groups excluding tert-OH is 1. The van der Waals surface area contributed by atoms with Gasteiger partial charge in [0.2, 0.25) is 0 Å². The van der Waals surface area contributed by atoms with Crippen molar-refractivity contribution in [3.63, 3.8) is 0 Å². The lowest BCUT2D eigenvalue weighted by atomic mass is 9.96. The zero-order valence-electron chi connectivity index (χ0n) is 20.6. The molecule has 2 aliphatic rings. The monoisotopic (exact) mass is 513 g/mol. The molecule has 1 atom stereocenters. The SMILES string of the molecule is C=CCOc1ccc(C2=C(C(=O)O)N3C(=C(OC)C(Cc4cccc5ccccc45)=CC3O)S2)cc1C. The fourth-order valence-electron chi connectivity index (χ4n) is 4.79. The fraction of sp³-hybridized carbons (Fsp3) is 0.167. The molecular weight excluding hydrogens is 486 g/mol. The molecule has 0 spiro atoms. The van der Waals surface area contributed by atoms with Crippen LogP contribution in [0.2, 0.25) is 0 Å². The van der Waals surface area contributed by atoms with Gasteiger partial charge in [-0.1, -0.05) is 72.9 Å². The van der Waals surface area contributed by atoms with E-state index in [2.05, 4.69) is 30.8 Å². The lowest BCUT2D eigenvalue weighted by molar-refractivity contribution is -0.135. The Hall–Kier alpha value is -3.94. The van der Waals surface area contributed by atoms with Crippen LogP contribution in [0.1, 0.15) is 16.7 Å². The highest BCUT2D eigenvalue weighted by atomic mass is 32.2. The van der Waals surface area contributed by atoms with Gasteiger partial charge in [-0.05, 0) is 52.6 Å². The van der Waals surface area contributed by atoms with E-state index in [0.29, 0.717) is 34.5 Å². The number of carboxylic acids is 1. The van der Waals surface area contributed by atoms with Crippen molar-refractivity contribution in [1.82, 2.24) is 4.90 Å². The van der Waals surface area contributed by atoms with Gasteiger partial charge in [0.25, 0.3) is 0 Å². The maximum Gasteiger partial charge on any atom is 0.353 e. The summed E-state index contributed by atoms with van der Waals surface area (Å²) in [5.74, 6) is 0.139. The molecule has 3 aromatic rings. The molecule has 0 amide bonds. The third-order valence-corrected chi connectivity index (χ3v) is 7.64. The van der Waals surface area contributed by atoms with Crippen LogP contribution in [0.4, 0.5) is 0 Å². The van der Waals surface area contributed by atoms with Crippen LogP contribution >= 0.6 is 11.8 Å². The van der Waals surface area contributed by atoms with E-state index in [-0.39, 0.29) is 5.70 Å². The van der Waals surface area contributed by atoms with Gasteiger partial charge in [0.15, 0.2) is 12.0 Å². The fourth-order valence-corrected chi connectivity index (χ4v) is 6.11. The molecule has 2 heterocycles. The van der Waals surface area contributed by atoms with E-state index in [4.69, 9.17) is 9.47 Å². The van der Waals surface area contributed by atoms with Crippen molar-refractivity contribution in [2.45, 2.75) is 19.6 Å². The maximum atomic E-state index is 12.4. The molecule has 5 rings (SSSR count). The molecule has 2 N–H and O–H groups in total. The largest absolute Gasteiger partial charge is 0.494 e. The first-order valence-corrected chi connectivity index (χ1v) is 12.7. The number of aliphatic hydroxyl groups is 1. The minimum absolute atomic E-state index is 0.0154. The Balaban J connectivity index is 1.54. The van der Waals surface area contributed by atoms with Crippen molar-refractivity contribution >= 4 is 33.4 Å². The van der Waals surface area contributed by atoms with Gasteiger partial charge < -0.3 is 19.7 Å². The summed E-state index contributed by atoms with van der Waals surface area (Å²) in [5.41, 5.74) is 3.52. The maximum absolute atomic E-state index is 12.4. The number of hydrogen-bond donors (Lipinski definition) is 2. The predicted molar refractivity (Wildman–Crippen MR) is 147 cm³/mol. The summed E-state index contributed by atoms with van der Waals surface area (Å²) in [6.07, 6.45) is 2.73. The number of benzene rings is 3. The average molecular weight is 514 g/mol. The van der Waals surface area contributed by atoms with Gasteiger partial charge in [0, 0.05) is 12.0 Å². The van der Waals surface area contributed by atoms with Gasteiger partial charge in [-0.15, -0.1) is 0 Å². The van der Waals surface area contributed by atoms with Crippen molar-refractivity contribution in [3.8, 4) is 5.75 Å². The number of hydrogen-bond acceptors (Lipinski definition) is 6. The topological polar surface area (TPSA) is 79.2 Å². The highest BCUT2D eigenvalue weighted by molar-refractivity contribution is 8.12. The molecule has 0 radical (unpaired) electrons. The molecule has 0 fully saturated rings. The van der Waals surface area contributed by atoms with Gasteiger partial charge in [-0.3, -0.25) is 4.90 Å². The molecular formula is C30H27NO5S. The molecule has 0 saturated carbocycles. The van der Waals surface area contributed by atoms with Gasteiger partial charge in [0.1, 0.15) is 23.1 Å². The summed E-state index contributed by atoms with van der Waals surface area (Å²) < 4.78 is 11.5. The molecule has 6 nitrogen and oxygen atoms in total. The number of thioether (sulfide) groups is 1. The number of rotatable bonds is 8. The van der Waals surface area contributed by atoms with Crippen molar-refractivity contribution in [3.05, 3.63) is 118 Å². The summed E-state index contributed by atoms with van der Waals surface area (Å²) in [6.45, 7) is 5.97. The zero-order chi connectivity index (χ0) is 26.1. The third kappa shape index (κ3) is 4.52. The molecule has 188 valence electrons. The second-order valence-corrected chi connectivity index (χ2v) is 9.79. The number of methoxy groups -OCH3 is 1. The normalized spacial score (nSPS) is 17.1. The van der Waals surface area contributed by atoms with Gasteiger partial charge >= 0.3 is 5.97 Å². The molecule has 0 saturated heterocycles. The molecule has 0 bridgehead atoms. The molecule has 1 unspecified atom stereocenters. The molecule has 7 heteroatoms. The minimum atomic E-state index is -1.15. The number of fused-ring (bicyclic) bond motifs is 2. The summed E-state index contributed by atoms with van der Waals surface area (Å²) in [6, 6.07) is 19.9. The molecule has 37 heavy (non-hydrogen) atoms. The second kappa shape index (κ2) is 10.2. The number of nitrogens with zero attached hydrogens (tertiary/aromatic N) is 1. The van der Waals surface area contributed by atoms with Gasteiger partial charge in [-0.25, -0.2) is 4.79 Å². The van der Waals surface area contributed by atoms with E-state index in [0.717, 1.165) is 33.0 Å². The molecule has 0 aromatic heterocycles.